The lowest BCUT2D eigenvalue weighted by atomic mass is 10.1. The Bertz CT molecular complexity index is 567. The summed E-state index contributed by atoms with van der Waals surface area (Å²) in [5.41, 5.74) is 1.21. The summed E-state index contributed by atoms with van der Waals surface area (Å²) in [5, 5.41) is 0. The maximum Gasteiger partial charge on any atom is 0.288 e. The minimum absolute atomic E-state index is 0.826. The van der Waals surface area contributed by atoms with Crippen LogP contribution in [0.1, 0.15) is 58.3 Å². The molecule has 3 heteroatoms. The summed E-state index contributed by atoms with van der Waals surface area (Å²) in [6, 6.07) is 8.43. The van der Waals surface area contributed by atoms with Gasteiger partial charge >= 0.3 is 0 Å². The number of unbranched alkanes of at least 4 members (excludes halogenated alkanes) is 7. The number of hydrogen-bond acceptors (Lipinski definition) is 1. The molecule has 0 bridgehead atoms. The number of nitrogens with zero attached hydrogens (tertiary/aromatic N) is 2. The molecule has 2 aromatic rings. The van der Waals surface area contributed by atoms with Crippen molar-refractivity contribution in [2.75, 3.05) is 6.61 Å². The summed E-state index contributed by atoms with van der Waals surface area (Å²) >= 11 is 0. The lowest BCUT2D eigenvalue weighted by Crippen LogP contribution is -2.28. The van der Waals surface area contributed by atoms with Crippen LogP contribution in [0.5, 0.6) is 5.75 Å². The van der Waals surface area contributed by atoms with Gasteiger partial charge in [-0.2, -0.15) is 0 Å². The first-order chi connectivity index (χ1) is 11.7. The summed E-state index contributed by atoms with van der Waals surface area (Å²) in [6.07, 6.45) is 14.8. The topological polar surface area (TPSA) is 18.0 Å². The fraction of sp³-hybridized carbons (Fsp3) is 0.571. The first kappa shape index (κ1) is 18.6. The SMILES string of the molecule is CCCCCCCCCCOc1ccc(-c2n(C)cc[n+]2C)cc1. The van der Waals surface area contributed by atoms with Gasteiger partial charge in [-0.1, -0.05) is 51.9 Å². The second-order valence-corrected chi connectivity index (χ2v) is 6.69. The van der Waals surface area contributed by atoms with Gasteiger partial charge < -0.3 is 4.74 Å². The van der Waals surface area contributed by atoms with Crippen LogP contribution in [0.25, 0.3) is 11.4 Å². The average molecular weight is 330 g/mol. The minimum Gasteiger partial charge on any atom is -0.494 e. The predicted octanol–water partition coefficient (Wildman–Crippen LogP) is 5.04. The zero-order valence-electron chi connectivity index (χ0n) is 15.6. The Morgan fingerprint density at radius 2 is 1.54 bits per heavy atom. The number of benzene rings is 1. The Kier molecular flexibility index (Phi) is 7.87. The maximum absolute atomic E-state index is 5.87. The second kappa shape index (κ2) is 10.2. The molecule has 0 radical (unpaired) electrons. The van der Waals surface area contributed by atoms with Crippen molar-refractivity contribution in [3.63, 3.8) is 0 Å². The van der Waals surface area contributed by atoms with E-state index in [1.165, 1.54) is 56.3 Å². The molecule has 0 spiro atoms. The van der Waals surface area contributed by atoms with Gasteiger partial charge in [0.2, 0.25) is 0 Å². The van der Waals surface area contributed by atoms with E-state index in [0.29, 0.717) is 0 Å². The highest BCUT2D eigenvalue weighted by Crippen LogP contribution is 2.20. The number of ether oxygens (including phenoxy) is 1. The van der Waals surface area contributed by atoms with E-state index in [1.807, 2.05) is 0 Å². The van der Waals surface area contributed by atoms with Crippen LogP contribution in [0.3, 0.4) is 0 Å². The number of hydrogen-bond donors (Lipinski definition) is 0. The molecule has 132 valence electrons. The van der Waals surface area contributed by atoms with Crippen molar-refractivity contribution < 1.29 is 9.30 Å². The van der Waals surface area contributed by atoms with E-state index < -0.39 is 0 Å². The first-order valence-electron chi connectivity index (χ1n) is 9.46. The Morgan fingerprint density at radius 1 is 0.917 bits per heavy atom. The largest absolute Gasteiger partial charge is 0.494 e. The highest BCUT2D eigenvalue weighted by Gasteiger charge is 2.13. The number of rotatable bonds is 11. The molecule has 3 nitrogen and oxygen atoms in total. The van der Waals surface area contributed by atoms with Crippen LogP contribution in [-0.4, -0.2) is 11.2 Å². The van der Waals surface area contributed by atoms with Gasteiger partial charge in [-0.15, -0.1) is 0 Å². The van der Waals surface area contributed by atoms with E-state index in [9.17, 15) is 0 Å². The van der Waals surface area contributed by atoms with Crippen molar-refractivity contribution in [3.05, 3.63) is 36.7 Å². The Labute approximate surface area is 147 Å². The number of imidazole rings is 1. The quantitative estimate of drug-likeness (QED) is 0.417. The smallest absolute Gasteiger partial charge is 0.288 e. The van der Waals surface area contributed by atoms with Gasteiger partial charge in [0.15, 0.2) is 0 Å². The summed E-state index contributed by atoms with van der Waals surface area (Å²) in [6.45, 7) is 3.09. The molecular formula is C21H33N2O+. The zero-order valence-corrected chi connectivity index (χ0v) is 15.6. The Morgan fingerprint density at radius 3 is 2.12 bits per heavy atom. The third-order valence-electron chi connectivity index (χ3n) is 4.56. The van der Waals surface area contributed by atoms with E-state index >= 15 is 0 Å². The Hall–Kier alpha value is -1.77. The van der Waals surface area contributed by atoms with Crippen molar-refractivity contribution in [3.8, 4) is 17.1 Å². The van der Waals surface area contributed by atoms with Gasteiger partial charge in [-0.05, 0) is 30.7 Å². The molecule has 1 aromatic carbocycles. The van der Waals surface area contributed by atoms with Crippen LogP contribution in [0.4, 0.5) is 0 Å². The van der Waals surface area contributed by atoms with Crippen molar-refractivity contribution >= 4 is 0 Å². The van der Waals surface area contributed by atoms with Gasteiger partial charge in [-0.3, -0.25) is 0 Å². The van der Waals surface area contributed by atoms with Crippen LogP contribution in [0.15, 0.2) is 36.7 Å². The van der Waals surface area contributed by atoms with Gasteiger partial charge in [0, 0.05) is 0 Å². The van der Waals surface area contributed by atoms with Crippen LogP contribution < -0.4 is 9.30 Å². The van der Waals surface area contributed by atoms with Crippen molar-refractivity contribution in [1.82, 2.24) is 4.57 Å². The molecule has 0 aliphatic heterocycles. The molecule has 0 aliphatic carbocycles. The van der Waals surface area contributed by atoms with Gasteiger partial charge in [0.25, 0.3) is 5.82 Å². The lowest BCUT2D eigenvalue weighted by Gasteiger charge is -2.07. The molecule has 2 rings (SSSR count). The normalized spacial score (nSPS) is 11.0. The molecule has 0 saturated heterocycles. The molecule has 0 atom stereocenters. The van der Waals surface area contributed by atoms with Crippen LogP contribution in [-0.2, 0) is 14.1 Å². The van der Waals surface area contributed by atoms with E-state index in [1.54, 1.807) is 0 Å². The second-order valence-electron chi connectivity index (χ2n) is 6.69. The third kappa shape index (κ3) is 5.70. The fourth-order valence-electron chi connectivity index (χ4n) is 3.12. The summed E-state index contributed by atoms with van der Waals surface area (Å²) in [7, 11) is 4.14. The van der Waals surface area contributed by atoms with Gasteiger partial charge in [-0.25, -0.2) is 9.13 Å². The molecule has 0 aliphatic rings. The molecular weight excluding hydrogens is 296 g/mol. The highest BCUT2D eigenvalue weighted by molar-refractivity contribution is 5.54. The number of aryl methyl sites for hydroxylation is 2. The zero-order chi connectivity index (χ0) is 17.2. The molecule has 0 N–H and O–H groups in total. The standard InChI is InChI=1S/C21H33N2O/c1-4-5-6-7-8-9-10-11-18-24-20-14-12-19(13-15-20)21-22(2)16-17-23(21)3/h12-17H,4-11,18H2,1-3H3/q+1. The summed E-state index contributed by atoms with van der Waals surface area (Å²) in [5.74, 6) is 2.17. The van der Waals surface area contributed by atoms with Gasteiger partial charge in [0.05, 0.1) is 26.3 Å². The monoisotopic (exact) mass is 329 g/mol. The fourth-order valence-corrected chi connectivity index (χ4v) is 3.12. The molecule has 1 heterocycles. The summed E-state index contributed by atoms with van der Waals surface area (Å²) < 4.78 is 10.1. The van der Waals surface area contributed by atoms with Crippen molar-refractivity contribution in [2.45, 2.75) is 58.3 Å². The Balaban J connectivity index is 1.66. The van der Waals surface area contributed by atoms with E-state index in [0.717, 1.165) is 18.8 Å². The van der Waals surface area contributed by atoms with Crippen LogP contribution in [0.2, 0.25) is 0 Å². The van der Waals surface area contributed by atoms with Crippen LogP contribution in [0, 0.1) is 0 Å². The summed E-state index contributed by atoms with van der Waals surface area (Å²) in [4.78, 5) is 0. The van der Waals surface area contributed by atoms with E-state index in [-0.39, 0.29) is 0 Å². The molecule has 0 amide bonds. The molecule has 1 aromatic heterocycles. The van der Waals surface area contributed by atoms with Crippen molar-refractivity contribution in [2.24, 2.45) is 14.1 Å². The molecule has 24 heavy (non-hydrogen) atoms. The molecule has 0 unspecified atom stereocenters. The molecule has 0 saturated carbocycles. The van der Waals surface area contributed by atoms with E-state index in [4.69, 9.17) is 4.74 Å². The third-order valence-corrected chi connectivity index (χ3v) is 4.56. The minimum atomic E-state index is 0.826. The highest BCUT2D eigenvalue weighted by atomic mass is 16.5. The lowest BCUT2D eigenvalue weighted by molar-refractivity contribution is -0.659. The van der Waals surface area contributed by atoms with Gasteiger partial charge in [0.1, 0.15) is 18.1 Å². The average Bonchev–Trinajstić information content (AvgIpc) is 2.93. The van der Waals surface area contributed by atoms with Crippen molar-refractivity contribution in [1.29, 1.82) is 0 Å². The van der Waals surface area contributed by atoms with Crippen LogP contribution >= 0.6 is 0 Å². The van der Waals surface area contributed by atoms with E-state index in [2.05, 4.69) is 66.8 Å². The maximum atomic E-state index is 5.87. The molecule has 0 fully saturated rings. The first-order valence-corrected chi connectivity index (χ1v) is 9.46. The number of aromatic nitrogens is 2. The predicted molar refractivity (Wildman–Crippen MR) is 100 cm³/mol.